The average molecular weight is 315 g/mol. The van der Waals surface area contributed by atoms with Gasteiger partial charge in [-0.1, -0.05) is 36.4 Å². The van der Waals surface area contributed by atoms with Gasteiger partial charge < -0.3 is 4.74 Å². The first-order valence-electron chi connectivity index (χ1n) is 5.91. The molecule has 1 aromatic heterocycles. The standard InChI is InChI=1S/C15H11BrN2O/c16-12-7-4-8-13-15(12)18-14(9-17-13)19-10-11-5-2-1-3-6-11/h1-9H,10H2. The summed E-state index contributed by atoms with van der Waals surface area (Å²) >= 11 is 3.47. The van der Waals surface area contributed by atoms with Crippen LogP contribution in [0.15, 0.2) is 59.2 Å². The fraction of sp³-hybridized carbons (Fsp3) is 0.0667. The summed E-state index contributed by atoms with van der Waals surface area (Å²) in [7, 11) is 0. The smallest absolute Gasteiger partial charge is 0.233 e. The van der Waals surface area contributed by atoms with E-state index in [9.17, 15) is 0 Å². The summed E-state index contributed by atoms with van der Waals surface area (Å²) in [4.78, 5) is 8.79. The molecule has 0 fully saturated rings. The van der Waals surface area contributed by atoms with Crippen molar-refractivity contribution >= 4 is 27.0 Å². The predicted molar refractivity (Wildman–Crippen MR) is 78.0 cm³/mol. The van der Waals surface area contributed by atoms with Gasteiger partial charge in [0.05, 0.1) is 11.7 Å². The summed E-state index contributed by atoms with van der Waals surface area (Å²) in [6.07, 6.45) is 1.65. The number of halogens is 1. The summed E-state index contributed by atoms with van der Waals surface area (Å²) < 4.78 is 6.58. The third kappa shape index (κ3) is 2.74. The van der Waals surface area contributed by atoms with E-state index in [-0.39, 0.29) is 0 Å². The minimum atomic E-state index is 0.492. The van der Waals surface area contributed by atoms with Gasteiger partial charge >= 0.3 is 0 Å². The van der Waals surface area contributed by atoms with Crippen LogP contribution in [0.25, 0.3) is 11.0 Å². The summed E-state index contributed by atoms with van der Waals surface area (Å²) in [6, 6.07) is 15.8. The highest BCUT2D eigenvalue weighted by atomic mass is 79.9. The third-order valence-corrected chi connectivity index (χ3v) is 3.37. The van der Waals surface area contributed by atoms with Crippen LogP contribution in [0.4, 0.5) is 0 Å². The van der Waals surface area contributed by atoms with Crippen LogP contribution in [0.5, 0.6) is 5.88 Å². The molecule has 0 atom stereocenters. The fourth-order valence-electron chi connectivity index (χ4n) is 1.78. The molecule has 0 spiro atoms. The zero-order chi connectivity index (χ0) is 13.1. The molecule has 0 N–H and O–H groups in total. The van der Waals surface area contributed by atoms with Crippen LogP contribution in [0, 0.1) is 0 Å². The number of hydrogen-bond donors (Lipinski definition) is 0. The summed E-state index contributed by atoms with van der Waals surface area (Å²) in [5.41, 5.74) is 2.77. The highest BCUT2D eigenvalue weighted by Crippen LogP contribution is 2.22. The zero-order valence-corrected chi connectivity index (χ0v) is 11.7. The van der Waals surface area contributed by atoms with Gasteiger partial charge in [-0.05, 0) is 33.6 Å². The first-order chi connectivity index (χ1) is 9.33. The van der Waals surface area contributed by atoms with Gasteiger partial charge in [-0.15, -0.1) is 0 Å². The van der Waals surface area contributed by atoms with Gasteiger partial charge in [-0.3, -0.25) is 0 Å². The van der Waals surface area contributed by atoms with Crippen LogP contribution in [-0.4, -0.2) is 9.97 Å². The first kappa shape index (κ1) is 12.1. The lowest BCUT2D eigenvalue weighted by molar-refractivity contribution is 0.294. The quantitative estimate of drug-likeness (QED) is 0.733. The largest absolute Gasteiger partial charge is 0.472 e. The van der Waals surface area contributed by atoms with Crippen LogP contribution < -0.4 is 4.74 Å². The number of benzene rings is 2. The summed E-state index contributed by atoms with van der Waals surface area (Å²) in [5, 5.41) is 0. The molecular weight excluding hydrogens is 304 g/mol. The molecule has 0 amide bonds. The van der Waals surface area contributed by atoms with Crippen molar-refractivity contribution in [3.05, 3.63) is 64.8 Å². The number of fused-ring (bicyclic) bond motifs is 1. The highest BCUT2D eigenvalue weighted by Gasteiger charge is 2.04. The molecule has 1 heterocycles. The Bertz CT molecular complexity index is 701. The highest BCUT2D eigenvalue weighted by molar-refractivity contribution is 9.10. The second-order valence-electron chi connectivity index (χ2n) is 4.09. The number of nitrogens with zero attached hydrogens (tertiary/aromatic N) is 2. The van der Waals surface area contributed by atoms with E-state index in [2.05, 4.69) is 25.9 Å². The van der Waals surface area contributed by atoms with Crippen LogP contribution >= 0.6 is 15.9 Å². The van der Waals surface area contributed by atoms with E-state index in [0.29, 0.717) is 12.5 Å². The lowest BCUT2D eigenvalue weighted by Gasteiger charge is -2.06. The first-order valence-corrected chi connectivity index (χ1v) is 6.70. The van der Waals surface area contributed by atoms with Gasteiger partial charge in [-0.25, -0.2) is 9.97 Å². The SMILES string of the molecule is Brc1cccc2ncc(OCc3ccccc3)nc12. The minimum absolute atomic E-state index is 0.492. The Morgan fingerprint density at radius 1 is 1.00 bits per heavy atom. The van der Waals surface area contributed by atoms with E-state index < -0.39 is 0 Å². The van der Waals surface area contributed by atoms with Gasteiger partial charge in [0.25, 0.3) is 0 Å². The molecule has 19 heavy (non-hydrogen) atoms. The predicted octanol–water partition coefficient (Wildman–Crippen LogP) is 3.97. The van der Waals surface area contributed by atoms with Gasteiger partial charge in [-0.2, -0.15) is 0 Å². The number of para-hydroxylation sites is 1. The Balaban J connectivity index is 1.84. The number of rotatable bonds is 3. The van der Waals surface area contributed by atoms with Crippen molar-refractivity contribution in [2.24, 2.45) is 0 Å². The summed E-state index contributed by atoms with van der Waals surface area (Å²) in [5.74, 6) is 0.531. The molecule has 0 bridgehead atoms. The Kier molecular flexibility index (Phi) is 3.42. The topological polar surface area (TPSA) is 35.0 Å². The Hall–Kier alpha value is -1.94. The van der Waals surface area contributed by atoms with Crippen molar-refractivity contribution in [1.82, 2.24) is 9.97 Å². The van der Waals surface area contributed by atoms with E-state index in [0.717, 1.165) is 21.1 Å². The van der Waals surface area contributed by atoms with Gasteiger partial charge in [0.2, 0.25) is 5.88 Å². The van der Waals surface area contributed by atoms with Gasteiger partial charge in [0, 0.05) is 4.47 Å². The monoisotopic (exact) mass is 314 g/mol. The zero-order valence-electron chi connectivity index (χ0n) is 10.1. The fourth-order valence-corrected chi connectivity index (χ4v) is 2.23. The average Bonchev–Trinajstić information content (AvgIpc) is 2.47. The molecule has 4 heteroatoms. The van der Waals surface area contributed by atoms with E-state index in [1.807, 2.05) is 48.5 Å². The Morgan fingerprint density at radius 2 is 1.84 bits per heavy atom. The third-order valence-electron chi connectivity index (χ3n) is 2.73. The van der Waals surface area contributed by atoms with Gasteiger partial charge in [0.1, 0.15) is 12.1 Å². The number of hydrogen-bond acceptors (Lipinski definition) is 3. The minimum Gasteiger partial charge on any atom is -0.472 e. The van der Waals surface area contributed by atoms with Crippen LogP contribution in [0.2, 0.25) is 0 Å². The van der Waals surface area contributed by atoms with Crippen molar-refractivity contribution < 1.29 is 4.74 Å². The molecule has 0 aliphatic rings. The maximum atomic E-state index is 5.66. The molecule has 3 rings (SSSR count). The molecule has 0 aliphatic heterocycles. The molecule has 2 aromatic carbocycles. The van der Waals surface area contributed by atoms with Crippen LogP contribution in [0.1, 0.15) is 5.56 Å². The van der Waals surface area contributed by atoms with Crippen molar-refractivity contribution in [3.63, 3.8) is 0 Å². The van der Waals surface area contributed by atoms with Crippen molar-refractivity contribution in [3.8, 4) is 5.88 Å². The molecule has 0 saturated heterocycles. The molecule has 0 aliphatic carbocycles. The summed E-state index contributed by atoms with van der Waals surface area (Å²) in [6.45, 7) is 0.492. The molecule has 3 aromatic rings. The van der Waals surface area contributed by atoms with Crippen molar-refractivity contribution in [1.29, 1.82) is 0 Å². The molecule has 0 radical (unpaired) electrons. The Labute approximate surface area is 119 Å². The van der Waals surface area contributed by atoms with E-state index in [4.69, 9.17) is 4.74 Å². The number of ether oxygens (including phenoxy) is 1. The molecule has 0 saturated carbocycles. The van der Waals surface area contributed by atoms with Gasteiger partial charge in [0.15, 0.2) is 0 Å². The van der Waals surface area contributed by atoms with Crippen LogP contribution in [0.3, 0.4) is 0 Å². The molecular formula is C15H11BrN2O. The Morgan fingerprint density at radius 3 is 2.68 bits per heavy atom. The van der Waals surface area contributed by atoms with E-state index in [1.165, 1.54) is 0 Å². The molecule has 0 unspecified atom stereocenters. The normalized spacial score (nSPS) is 10.6. The maximum absolute atomic E-state index is 5.66. The number of aromatic nitrogens is 2. The van der Waals surface area contributed by atoms with Crippen molar-refractivity contribution in [2.45, 2.75) is 6.61 Å². The molecule has 3 nitrogen and oxygen atoms in total. The molecule has 94 valence electrons. The maximum Gasteiger partial charge on any atom is 0.233 e. The second-order valence-corrected chi connectivity index (χ2v) is 4.94. The second kappa shape index (κ2) is 5.36. The van der Waals surface area contributed by atoms with E-state index in [1.54, 1.807) is 6.20 Å². The van der Waals surface area contributed by atoms with Crippen LogP contribution in [-0.2, 0) is 6.61 Å². The van der Waals surface area contributed by atoms with Crippen molar-refractivity contribution in [2.75, 3.05) is 0 Å². The van der Waals surface area contributed by atoms with E-state index >= 15 is 0 Å². The lowest BCUT2D eigenvalue weighted by Crippen LogP contribution is -1.98. The lowest BCUT2D eigenvalue weighted by atomic mass is 10.2.